The molecule has 2 N–H and O–H groups in total. The minimum Gasteiger partial charge on any atom is -0.497 e. The van der Waals surface area contributed by atoms with Crippen LogP contribution in [0.3, 0.4) is 0 Å². The average Bonchev–Trinajstić information content (AvgIpc) is 2.37. The number of hydrogen-bond acceptors (Lipinski definition) is 4. The lowest BCUT2D eigenvalue weighted by atomic mass is 10.1. The summed E-state index contributed by atoms with van der Waals surface area (Å²) in [6.07, 6.45) is 3.05. The highest BCUT2D eigenvalue weighted by Crippen LogP contribution is 2.23. The van der Waals surface area contributed by atoms with Crippen molar-refractivity contribution in [1.29, 1.82) is 0 Å². The number of anilines is 1. The maximum absolute atomic E-state index is 11.1. The van der Waals surface area contributed by atoms with Crippen LogP contribution < -0.4 is 10.1 Å². The summed E-state index contributed by atoms with van der Waals surface area (Å²) in [5, 5.41) is 12.8. The van der Waals surface area contributed by atoms with E-state index in [0.29, 0.717) is 16.7 Å². The minimum absolute atomic E-state index is 0.271. The van der Waals surface area contributed by atoms with Crippen LogP contribution in [0, 0.1) is 0 Å². The highest BCUT2D eigenvalue weighted by atomic mass is 32.2. The van der Waals surface area contributed by atoms with E-state index in [-0.39, 0.29) is 5.56 Å². The van der Waals surface area contributed by atoms with Gasteiger partial charge in [0.1, 0.15) is 5.75 Å². The number of ether oxygens (including phenoxy) is 1. The Morgan fingerprint density at radius 3 is 2.83 bits per heavy atom. The lowest BCUT2D eigenvalue weighted by molar-refractivity contribution is 0.0698. The molecule has 0 aliphatic heterocycles. The molecule has 0 fully saturated rings. The summed E-state index contributed by atoms with van der Waals surface area (Å²) in [5.74, 6) is -0.279. The predicted molar refractivity (Wildman–Crippen MR) is 76.0 cm³/mol. The van der Waals surface area contributed by atoms with Crippen LogP contribution in [0.1, 0.15) is 23.7 Å². The summed E-state index contributed by atoms with van der Waals surface area (Å²) in [5.41, 5.74) is 0.878. The molecule has 0 bridgehead atoms. The molecule has 0 saturated carbocycles. The van der Waals surface area contributed by atoms with E-state index in [0.717, 1.165) is 13.0 Å². The van der Waals surface area contributed by atoms with E-state index in [4.69, 9.17) is 9.84 Å². The highest BCUT2D eigenvalue weighted by Gasteiger charge is 2.11. The molecule has 0 heterocycles. The van der Waals surface area contributed by atoms with Crippen LogP contribution in [0.25, 0.3) is 0 Å². The summed E-state index contributed by atoms with van der Waals surface area (Å²) >= 11 is 1.80. The smallest absolute Gasteiger partial charge is 0.337 e. The first-order valence-corrected chi connectivity index (χ1v) is 7.05. The molecular formula is C13H19NO3S. The fourth-order valence-corrected chi connectivity index (χ4v) is 1.86. The van der Waals surface area contributed by atoms with Crippen molar-refractivity contribution in [2.45, 2.75) is 18.6 Å². The van der Waals surface area contributed by atoms with Gasteiger partial charge in [-0.1, -0.05) is 6.92 Å². The molecule has 100 valence electrons. The van der Waals surface area contributed by atoms with Crippen molar-refractivity contribution in [3.8, 4) is 5.75 Å². The fraction of sp³-hybridized carbons (Fsp3) is 0.462. The Bertz CT molecular complexity index is 409. The molecule has 1 aromatic rings. The first kappa shape index (κ1) is 14.7. The van der Waals surface area contributed by atoms with Crippen molar-refractivity contribution in [1.82, 2.24) is 0 Å². The SMILES string of the molecule is COc1ccc(C(=O)O)c(NCCC(C)SC)c1. The summed E-state index contributed by atoms with van der Waals surface area (Å²) in [7, 11) is 1.56. The largest absolute Gasteiger partial charge is 0.497 e. The van der Waals surface area contributed by atoms with Crippen LogP contribution in [-0.2, 0) is 0 Å². The van der Waals surface area contributed by atoms with Crippen LogP contribution in [-0.4, -0.2) is 36.2 Å². The van der Waals surface area contributed by atoms with Crippen molar-refractivity contribution < 1.29 is 14.6 Å². The molecule has 0 aromatic heterocycles. The molecule has 0 radical (unpaired) electrons. The number of hydrogen-bond donors (Lipinski definition) is 2. The second-order valence-corrected chi connectivity index (χ2v) is 5.25. The number of rotatable bonds is 7. The van der Waals surface area contributed by atoms with Gasteiger partial charge in [0.15, 0.2) is 0 Å². The highest BCUT2D eigenvalue weighted by molar-refractivity contribution is 7.99. The minimum atomic E-state index is -0.932. The summed E-state index contributed by atoms with van der Waals surface area (Å²) in [4.78, 5) is 11.1. The van der Waals surface area contributed by atoms with Crippen molar-refractivity contribution in [3.05, 3.63) is 23.8 Å². The number of aromatic carboxylic acids is 1. The van der Waals surface area contributed by atoms with Gasteiger partial charge in [-0.15, -0.1) is 0 Å². The molecule has 0 spiro atoms. The number of methoxy groups -OCH3 is 1. The van der Waals surface area contributed by atoms with E-state index in [9.17, 15) is 4.79 Å². The zero-order chi connectivity index (χ0) is 13.5. The Morgan fingerprint density at radius 2 is 2.28 bits per heavy atom. The van der Waals surface area contributed by atoms with Crippen LogP contribution in [0.15, 0.2) is 18.2 Å². The summed E-state index contributed by atoms with van der Waals surface area (Å²) < 4.78 is 5.10. The number of carboxylic acids is 1. The predicted octanol–water partition coefficient (Wildman–Crippen LogP) is 2.95. The van der Waals surface area contributed by atoms with Gasteiger partial charge in [0.25, 0.3) is 0 Å². The molecule has 0 aliphatic rings. The van der Waals surface area contributed by atoms with Crippen LogP contribution in [0.4, 0.5) is 5.69 Å². The van der Waals surface area contributed by atoms with Crippen LogP contribution >= 0.6 is 11.8 Å². The van der Waals surface area contributed by atoms with Crippen molar-refractivity contribution in [2.75, 3.05) is 25.2 Å². The molecule has 1 unspecified atom stereocenters. The van der Waals surface area contributed by atoms with Gasteiger partial charge in [-0.05, 0) is 24.8 Å². The molecule has 4 nitrogen and oxygen atoms in total. The molecule has 18 heavy (non-hydrogen) atoms. The second-order valence-electron chi connectivity index (χ2n) is 3.98. The van der Waals surface area contributed by atoms with E-state index in [1.807, 2.05) is 0 Å². The zero-order valence-electron chi connectivity index (χ0n) is 10.9. The number of thioether (sulfide) groups is 1. The molecule has 5 heteroatoms. The molecule has 1 atom stereocenters. The first-order chi connectivity index (χ1) is 8.58. The number of carbonyl (C=O) groups is 1. The maximum atomic E-state index is 11.1. The molecule has 1 rings (SSSR count). The Kier molecular flexibility index (Phi) is 5.85. The van der Waals surface area contributed by atoms with Gasteiger partial charge in [-0.3, -0.25) is 0 Å². The van der Waals surface area contributed by atoms with E-state index >= 15 is 0 Å². The van der Waals surface area contributed by atoms with E-state index in [2.05, 4.69) is 18.5 Å². The Morgan fingerprint density at radius 1 is 1.56 bits per heavy atom. The maximum Gasteiger partial charge on any atom is 0.337 e. The first-order valence-electron chi connectivity index (χ1n) is 5.76. The topological polar surface area (TPSA) is 58.6 Å². The lowest BCUT2D eigenvalue weighted by Gasteiger charge is -2.13. The van der Waals surface area contributed by atoms with Gasteiger partial charge in [-0.2, -0.15) is 11.8 Å². The van der Waals surface area contributed by atoms with Gasteiger partial charge in [-0.25, -0.2) is 4.79 Å². The third-order valence-corrected chi connectivity index (χ3v) is 3.77. The average molecular weight is 269 g/mol. The molecule has 0 aliphatic carbocycles. The number of benzene rings is 1. The van der Waals surface area contributed by atoms with Crippen molar-refractivity contribution in [3.63, 3.8) is 0 Å². The number of nitrogens with one attached hydrogen (secondary N) is 1. The van der Waals surface area contributed by atoms with E-state index in [1.54, 1.807) is 37.1 Å². The van der Waals surface area contributed by atoms with Gasteiger partial charge in [0.2, 0.25) is 0 Å². The standard InChI is InChI=1S/C13H19NO3S/c1-9(18-3)6-7-14-12-8-10(17-2)4-5-11(12)13(15)16/h4-5,8-9,14H,6-7H2,1-3H3,(H,15,16). The van der Waals surface area contributed by atoms with Crippen molar-refractivity contribution in [2.24, 2.45) is 0 Å². The summed E-state index contributed by atoms with van der Waals surface area (Å²) in [6.45, 7) is 2.89. The van der Waals surface area contributed by atoms with Gasteiger partial charge >= 0.3 is 5.97 Å². The van der Waals surface area contributed by atoms with E-state index in [1.165, 1.54) is 0 Å². The van der Waals surface area contributed by atoms with Gasteiger partial charge in [0.05, 0.1) is 18.4 Å². The quantitative estimate of drug-likeness (QED) is 0.797. The van der Waals surface area contributed by atoms with Crippen LogP contribution in [0.5, 0.6) is 5.75 Å². The van der Waals surface area contributed by atoms with E-state index < -0.39 is 5.97 Å². The monoisotopic (exact) mass is 269 g/mol. The third-order valence-electron chi connectivity index (χ3n) is 2.73. The second kappa shape index (κ2) is 7.16. The normalized spacial score (nSPS) is 11.9. The van der Waals surface area contributed by atoms with Crippen LogP contribution in [0.2, 0.25) is 0 Å². The molecular weight excluding hydrogens is 250 g/mol. The Balaban J connectivity index is 2.75. The molecule has 0 amide bonds. The van der Waals surface area contributed by atoms with Gasteiger partial charge in [0, 0.05) is 17.9 Å². The Hall–Kier alpha value is -1.36. The number of carboxylic acid groups (broad SMARTS) is 1. The molecule has 0 saturated heterocycles. The lowest BCUT2D eigenvalue weighted by Crippen LogP contribution is -2.11. The van der Waals surface area contributed by atoms with Crippen molar-refractivity contribution >= 4 is 23.4 Å². The molecule has 1 aromatic carbocycles. The van der Waals surface area contributed by atoms with Gasteiger partial charge < -0.3 is 15.2 Å². The third kappa shape index (κ3) is 4.14. The zero-order valence-corrected chi connectivity index (χ0v) is 11.7. The Labute approximate surface area is 112 Å². The summed E-state index contributed by atoms with van der Waals surface area (Å²) in [6, 6.07) is 4.92. The fourth-order valence-electron chi connectivity index (χ4n) is 1.51.